The lowest BCUT2D eigenvalue weighted by Crippen LogP contribution is -2.43. The van der Waals surface area contributed by atoms with Crippen LogP contribution in [0.25, 0.3) is 0 Å². The summed E-state index contributed by atoms with van der Waals surface area (Å²) >= 11 is 0. The first-order chi connectivity index (χ1) is 16.2. The number of nitrogens with two attached hydrogens (primary N) is 1. The molecular formula is C21H27N7O6. The van der Waals surface area contributed by atoms with Crippen LogP contribution >= 0.6 is 0 Å². The molecular weight excluding hydrogens is 446 g/mol. The molecule has 34 heavy (non-hydrogen) atoms. The van der Waals surface area contributed by atoms with Gasteiger partial charge >= 0.3 is 11.9 Å². The summed E-state index contributed by atoms with van der Waals surface area (Å²) in [5.41, 5.74) is 6.42. The Morgan fingerprint density at radius 3 is 2.53 bits per heavy atom. The van der Waals surface area contributed by atoms with Crippen LogP contribution in [0, 0.1) is 5.92 Å². The summed E-state index contributed by atoms with van der Waals surface area (Å²) in [6.07, 6.45) is 0.0499. The number of anilines is 4. The van der Waals surface area contributed by atoms with Crippen LogP contribution in [0.2, 0.25) is 0 Å². The lowest BCUT2D eigenvalue weighted by Gasteiger charge is -2.27. The van der Waals surface area contributed by atoms with Gasteiger partial charge in [0.15, 0.2) is 5.82 Å². The summed E-state index contributed by atoms with van der Waals surface area (Å²) in [6.45, 7) is 2.60. The monoisotopic (exact) mass is 473 g/mol. The Balaban J connectivity index is 1.56. The minimum absolute atomic E-state index is 0.0282. The van der Waals surface area contributed by atoms with Crippen molar-refractivity contribution in [1.82, 2.24) is 15.3 Å². The maximum atomic E-state index is 12.5. The molecule has 1 aliphatic rings. The predicted molar refractivity (Wildman–Crippen MR) is 125 cm³/mol. The second-order valence-electron chi connectivity index (χ2n) is 7.90. The molecule has 0 radical (unpaired) electrons. The molecule has 3 atom stereocenters. The van der Waals surface area contributed by atoms with Gasteiger partial charge in [-0.15, -0.1) is 0 Å². The summed E-state index contributed by atoms with van der Waals surface area (Å²) in [4.78, 5) is 53.7. The van der Waals surface area contributed by atoms with E-state index < -0.39 is 29.8 Å². The molecule has 1 aromatic carbocycles. The molecule has 13 heteroatoms. The summed E-state index contributed by atoms with van der Waals surface area (Å²) in [6, 6.07) is 4.95. The fourth-order valence-corrected chi connectivity index (χ4v) is 3.52. The van der Waals surface area contributed by atoms with E-state index in [1.807, 2.05) is 0 Å². The topological polar surface area (TPSA) is 212 Å². The minimum atomic E-state index is -1.31. The third-order valence-electron chi connectivity index (χ3n) is 5.47. The van der Waals surface area contributed by atoms with Gasteiger partial charge in [0.1, 0.15) is 11.7 Å². The van der Waals surface area contributed by atoms with Gasteiger partial charge in [-0.3, -0.25) is 19.4 Å². The van der Waals surface area contributed by atoms with Crippen molar-refractivity contribution in [1.29, 1.82) is 0 Å². The van der Waals surface area contributed by atoms with Gasteiger partial charge in [0.2, 0.25) is 5.95 Å². The first kappa shape index (κ1) is 24.4. The van der Waals surface area contributed by atoms with Crippen LogP contribution in [0.15, 0.2) is 29.1 Å². The largest absolute Gasteiger partial charge is 0.481 e. The van der Waals surface area contributed by atoms with Crippen molar-refractivity contribution in [3.8, 4) is 0 Å². The molecule has 2 unspecified atom stereocenters. The number of carbonyl (C=O) groups is 3. The zero-order valence-electron chi connectivity index (χ0n) is 18.4. The molecule has 9 N–H and O–H groups in total. The van der Waals surface area contributed by atoms with Crippen molar-refractivity contribution in [2.45, 2.75) is 31.8 Å². The fraction of sp³-hybridized carbons (Fsp3) is 0.381. The first-order valence-corrected chi connectivity index (χ1v) is 10.7. The van der Waals surface area contributed by atoms with E-state index in [9.17, 15) is 24.3 Å². The Hall–Kier alpha value is -4.29. The lowest BCUT2D eigenvalue weighted by atomic mass is 9.97. The quantitative estimate of drug-likeness (QED) is 0.236. The number of carboxylic acids is 2. The maximum Gasteiger partial charge on any atom is 0.326 e. The van der Waals surface area contributed by atoms with E-state index in [0.717, 1.165) is 0 Å². The smallest absolute Gasteiger partial charge is 0.326 e. The van der Waals surface area contributed by atoms with Gasteiger partial charge in [-0.1, -0.05) is 6.92 Å². The van der Waals surface area contributed by atoms with Crippen LogP contribution in [0.3, 0.4) is 0 Å². The molecule has 182 valence electrons. The average Bonchev–Trinajstić information content (AvgIpc) is 2.80. The van der Waals surface area contributed by atoms with Crippen molar-refractivity contribution < 1.29 is 24.6 Å². The van der Waals surface area contributed by atoms with E-state index in [0.29, 0.717) is 30.3 Å². The van der Waals surface area contributed by atoms with Crippen molar-refractivity contribution in [2.75, 3.05) is 34.8 Å². The molecule has 2 aromatic rings. The van der Waals surface area contributed by atoms with E-state index in [1.165, 1.54) is 12.1 Å². The highest BCUT2D eigenvalue weighted by atomic mass is 16.4. The maximum absolute atomic E-state index is 12.5. The van der Waals surface area contributed by atoms with Gasteiger partial charge in [0.25, 0.3) is 11.5 Å². The van der Waals surface area contributed by atoms with Gasteiger partial charge in [-0.05, 0) is 37.1 Å². The number of carboxylic acid groups (broad SMARTS) is 2. The van der Waals surface area contributed by atoms with Crippen LogP contribution in [0.5, 0.6) is 0 Å². The number of nitrogens with one attached hydrogen (secondary N) is 5. The van der Waals surface area contributed by atoms with Crippen molar-refractivity contribution in [3.05, 3.63) is 40.2 Å². The Labute approximate surface area is 194 Å². The number of amides is 1. The average molecular weight is 473 g/mol. The van der Waals surface area contributed by atoms with Crippen LogP contribution in [0.4, 0.5) is 23.1 Å². The normalized spacial score (nSPS) is 16.2. The number of aromatic amines is 1. The highest BCUT2D eigenvalue weighted by molar-refractivity contribution is 5.97. The molecule has 0 spiro atoms. The summed E-state index contributed by atoms with van der Waals surface area (Å²) in [5.74, 6) is -3.46. The van der Waals surface area contributed by atoms with Crippen molar-refractivity contribution >= 4 is 41.0 Å². The summed E-state index contributed by atoms with van der Waals surface area (Å²) in [7, 11) is 0. The molecule has 13 nitrogen and oxygen atoms in total. The molecule has 1 aliphatic heterocycles. The third-order valence-corrected chi connectivity index (χ3v) is 5.47. The number of fused-ring (bicyclic) bond motifs is 1. The van der Waals surface area contributed by atoms with E-state index in [-0.39, 0.29) is 36.0 Å². The lowest BCUT2D eigenvalue weighted by molar-refractivity contribution is -0.144. The van der Waals surface area contributed by atoms with Gasteiger partial charge in [-0.25, -0.2) is 4.79 Å². The minimum Gasteiger partial charge on any atom is -0.481 e. The van der Waals surface area contributed by atoms with Crippen molar-refractivity contribution in [3.63, 3.8) is 0 Å². The zero-order valence-corrected chi connectivity index (χ0v) is 18.4. The highest BCUT2D eigenvalue weighted by Gasteiger charge is 2.27. The number of benzene rings is 1. The molecule has 0 aliphatic carbocycles. The predicted octanol–water partition coefficient (Wildman–Crippen LogP) is 0.354. The van der Waals surface area contributed by atoms with Crippen LogP contribution in [-0.2, 0) is 9.59 Å². The van der Waals surface area contributed by atoms with Gasteiger partial charge in [-0.2, -0.15) is 4.98 Å². The van der Waals surface area contributed by atoms with Crippen LogP contribution < -0.4 is 32.6 Å². The van der Waals surface area contributed by atoms with Gasteiger partial charge in [0.05, 0.1) is 12.0 Å². The van der Waals surface area contributed by atoms with E-state index in [2.05, 4.69) is 31.2 Å². The molecule has 0 saturated heterocycles. The Bertz CT molecular complexity index is 1120. The van der Waals surface area contributed by atoms with Gasteiger partial charge < -0.3 is 37.2 Å². The Morgan fingerprint density at radius 1 is 1.21 bits per heavy atom. The van der Waals surface area contributed by atoms with Crippen molar-refractivity contribution in [2.24, 2.45) is 5.92 Å². The van der Waals surface area contributed by atoms with Gasteiger partial charge in [0, 0.05) is 24.3 Å². The third kappa shape index (κ3) is 5.94. The van der Waals surface area contributed by atoms with E-state index in [1.54, 1.807) is 19.1 Å². The standard InChI is InChI=1S/C21H27N7O6/c1-2-10(19(31)32)7-14(20(33)34)26-17(29)11-3-5-12(6-4-11)23-8-13-9-24-16-15(25-13)18(30)28-21(22)27-16/h3-6,10,13-14,23,25H,2,7-9H2,1H3,(H,26,29)(H,31,32)(H,33,34)(H4,22,24,27,28,30)/t10?,13?,14-/m0/s1. The van der Waals surface area contributed by atoms with E-state index >= 15 is 0 Å². The van der Waals surface area contributed by atoms with Crippen LogP contribution in [-0.4, -0.2) is 63.2 Å². The first-order valence-electron chi connectivity index (χ1n) is 10.7. The second-order valence-corrected chi connectivity index (χ2v) is 7.90. The molecule has 2 heterocycles. The number of nitrogens with zero attached hydrogens (tertiary/aromatic N) is 1. The number of hydrogen-bond acceptors (Lipinski definition) is 9. The molecule has 0 fully saturated rings. The number of aliphatic carboxylic acids is 2. The number of H-pyrrole nitrogens is 1. The SMILES string of the molecule is CCC(C[C@H](NC(=O)c1ccc(NCC2CNc3nc(N)[nH]c(=O)c3N2)cc1)C(=O)O)C(=O)O. The number of nitrogen functional groups attached to an aromatic ring is 1. The Morgan fingerprint density at radius 2 is 1.91 bits per heavy atom. The van der Waals surface area contributed by atoms with Crippen LogP contribution in [0.1, 0.15) is 30.1 Å². The molecule has 3 rings (SSSR count). The second kappa shape index (κ2) is 10.6. The highest BCUT2D eigenvalue weighted by Crippen LogP contribution is 2.20. The summed E-state index contributed by atoms with van der Waals surface area (Å²) in [5, 5.41) is 30.3. The number of hydrogen-bond donors (Lipinski definition) is 8. The molecule has 0 saturated carbocycles. The van der Waals surface area contributed by atoms with E-state index in [4.69, 9.17) is 10.8 Å². The number of carbonyl (C=O) groups excluding carboxylic acids is 1. The molecule has 1 aromatic heterocycles. The number of rotatable bonds is 10. The zero-order chi connectivity index (χ0) is 24.8. The molecule has 1 amide bonds. The summed E-state index contributed by atoms with van der Waals surface area (Å²) < 4.78 is 0. The molecule has 0 bridgehead atoms. The number of aromatic nitrogens is 2. The Kier molecular flexibility index (Phi) is 7.56. The fourth-order valence-electron chi connectivity index (χ4n) is 3.52.